The van der Waals surface area contributed by atoms with Crippen LogP contribution in [0.2, 0.25) is 0 Å². The van der Waals surface area contributed by atoms with Gasteiger partial charge in [0.05, 0.1) is 18.3 Å². The number of aliphatic hydroxyl groups is 3. The van der Waals surface area contributed by atoms with Crippen LogP contribution in [0.1, 0.15) is 16.7 Å². The molecular weight excluding hydrogens is 460 g/mol. The van der Waals surface area contributed by atoms with Crippen LogP contribution in [0.5, 0.6) is 0 Å². The first kappa shape index (κ1) is 26.0. The van der Waals surface area contributed by atoms with Crippen LogP contribution in [0, 0.1) is 5.41 Å². The summed E-state index contributed by atoms with van der Waals surface area (Å²) >= 11 is 0. The Morgan fingerprint density at radius 1 is 0.568 bits per heavy atom. The van der Waals surface area contributed by atoms with E-state index >= 15 is 0 Å². The van der Waals surface area contributed by atoms with Crippen molar-refractivity contribution in [2.75, 3.05) is 0 Å². The number of allylic oxidation sites excluding steroid dienone is 1. The van der Waals surface area contributed by atoms with Crippen molar-refractivity contribution in [2.45, 2.75) is 18.3 Å². The normalized spacial score (nSPS) is 20.4. The van der Waals surface area contributed by atoms with Crippen LogP contribution < -0.4 is 0 Å². The molecule has 0 fully saturated rings. The van der Waals surface area contributed by atoms with Gasteiger partial charge >= 0.3 is 0 Å². The van der Waals surface area contributed by atoms with E-state index in [1.165, 1.54) is 30.4 Å². The number of carbonyl (C=O) groups is 1. The topological polar surface area (TPSA) is 77.8 Å². The Morgan fingerprint density at radius 2 is 0.973 bits per heavy atom. The molecule has 3 atom stereocenters. The van der Waals surface area contributed by atoms with E-state index < -0.39 is 29.5 Å². The molecule has 1 aliphatic rings. The highest BCUT2D eigenvalue weighted by Crippen LogP contribution is 2.38. The average molecular weight is 491 g/mol. The first-order valence-electron chi connectivity index (χ1n) is 12.2. The van der Waals surface area contributed by atoms with E-state index in [2.05, 4.69) is 0 Å². The number of hydrogen-bond donors (Lipinski definition) is 3. The molecule has 0 heterocycles. The standard InChI is InChI=1S/C33H30O4/c34-29(20-16-25-10-4-1-5-11-25)28-19-23-32(37)33(24-28,30(35)21-17-26-12-6-2-7-13-26)31(36)22-18-27-14-8-3-9-15-27/h1-24,29-31,34-36H/b20-16+,21-17+,22-18+. The molecule has 0 amide bonds. The maximum Gasteiger partial charge on any atom is 0.171 e. The fourth-order valence-corrected chi connectivity index (χ4v) is 4.26. The van der Waals surface area contributed by atoms with Gasteiger partial charge in [0.2, 0.25) is 0 Å². The molecular formula is C33H30O4. The molecule has 0 bridgehead atoms. The van der Waals surface area contributed by atoms with E-state index in [1.54, 1.807) is 24.3 Å². The Morgan fingerprint density at radius 3 is 1.41 bits per heavy atom. The summed E-state index contributed by atoms with van der Waals surface area (Å²) in [6.45, 7) is 0. The molecule has 3 aromatic carbocycles. The quantitative estimate of drug-likeness (QED) is 0.382. The molecule has 0 saturated carbocycles. The molecule has 1 aliphatic carbocycles. The highest BCUT2D eigenvalue weighted by molar-refractivity contribution is 6.00. The van der Waals surface area contributed by atoms with Crippen LogP contribution in [-0.4, -0.2) is 39.4 Å². The third kappa shape index (κ3) is 6.38. The molecule has 37 heavy (non-hydrogen) atoms. The molecule has 3 N–H and O–H groups in total. The van der Waals surface area contributed by atoms with Gasteiger partial charge in [-0.1, -0.05) is 140 Å². The summed E-state index contributed by atoms with van der Waals surface area (Å²) in [5.74, 6) is -0.453. The second-order valence-corrected chi connectivity index (χ2v) is 8.92. The Bertz CT molecular complexity index is 1260. The van der Waals surface area contributed by atoms with Crippen LogP contribution in [0.15, 0.2) is 133 Å². The summed E-state index contributed by atoms with van der Waals surface area (Å²) in [4.78, 5) is 13.4. The fraction of sp³-hybridized carbons (Fsp3) is 0.121. The zero-order valence-electron chi connectivity index (χ0n) is 20.3. The summed E-state index contributed by atoms with van der Waals surface area (Å²) in [7, 11) is 0. The lowest BCUT2D eigenvalue weighted by Crippen LogP contribution is -2.49. The average Bonchev–Trinajstić information content (AvgIpc) is 2.95. The van der Waals surface area contributed by atoms with Gasteiger partial charge < -0.3 is 15.3 Å². The lowest BCUT2D eigenvalue weighted by atomic mass is 9.68. The highest BCUT2D eigenvalue weighted by atomic mass is 16.3. The van der Waals surface area contributed by atoms with E-state index in [0.717, 1.165) is 16.7 Å². The van der Waals surface area contributed by atoms with Gasteiger partial charge in [0.15, 0.2) is 5.78 Å². The summed E-state index contributed by atoms with van der Waals surface area (Å²) < 4.78 is 0. The van der Waals surface area contributed by atoms with Gasteiger partial charge in [-0.2, -0.15) is 0 Å². The van der Waals surface area contributed by atoms with Crippen molar-refractivity contribution >= 4 is 24.0 Å². The third-order valence-corrected chi connectivity index (χ3v) is 6.39. The minimum absolute atomic E-state index is 0.408. The van der Waals surface area contributed by atoms with Crippen LogP contribution >= 0.6 is 0 Å². The van der Waals surface area contributed by atoms with Crippen molar-refractivity contribution < 1.29 is 20.1 Å². The maximum absolute atomic E-state index is 13.4. The maximum atomic E-state index is 13.4. The zero-order valence-corrected chi connectivity index (χ0v) is 20.3. The van der Waals surface area contributed by atoms with Crippen LogP contribution in [-0.2, 0) is 4.79 Å². The monoisotopic (exact) mass is 490 g/mol. The summed E-state index contributed by atoms with van der Waals surface area (Å²) in [5, 5.41) is 33.6. The van der Waals surface area contributed by atoms with Gasteiger partial charge in [0.25, 0.3) is 0 Å². The number of hydrogen-bond acceptors (Lipinski definition) is 4. The number of rotatable bonds is 9. The molecule has 0 aliphatic heterocycles. The largest absolute Gasteiger partial charge is 0.388 e. The zero-order chi connectivity index (χ0) is 26.1. The lowest BCUT2D eigenvalue weighted by molar-refractivity contribution is -0.131. The van der Waals surface area contributed by atoms with Crippen LogP contribution in [0.3, 0.4) is 0 Å². The summed E-state index contributed by atoms with van der Waals surface area (Å²) in [6, 6.07) is 28.3. The number of aliphatic hydroxyl groups excluding tert-OH is 3. The summed E-state index contributed by atoms with van der Waals surface area (Å²) in [5.41, 5.74) is 1.30. The molecule has 0 radical (unpaired) electrons. The van der Waals surface area contributed by atoms with Gasteiger partial charge in [-0.15, -0.1) is 0 Å². The van der Waals surface area contributed by atoms with Crippen molar-refractivity contribution in [1.29, 1.82) is 0 Å². The Balaban J connectivity index is 1.70. The highest BCUT2D eigenvalue weighted by Gasteiger charge is 2.48. The van der Waals surface area contributed by atoms with Crippen molar-refractivity contribution in [3.05, 3.63) is 150 Å². The molecule has 0 saturated heterocycles. The molecule has 4 rings (SSSR count). The molecule has 186 valence electrons. The third-order valence-electron chi connectivity index (χ3n) is 6.39. The van der Waals surface area contributed by atoms with Gasteiger partial charge in [-0.3, -0.25) is 4.79 Å². The molecule has 4 nitrogen and oxygen atoms in total. The van der Waals surface area contributed by atoms with E-state index in [4.69, 9.17) is 0 Å². The molecule has 0 aromatic heterocycles. The number of benzene rings is 3. The smallest absolute Gasteiger partial charge is 0.171 e. The van der Waals surface area contributed by atoms with Gasteiger partial charge in [0.1, 0.15) is 5.41 Å². The molecule has 3 unspecified atom stereocenters. The number of ketones is 1. The van der Waals surface area contributed by atoms with Crippen molar-refractivity contribution in [2.24, 2.45) is 5.41 Å². The minimum atomic E-state index is -1.72. The lowest BCUT2D eigenvalue weighted by Gasteiger charge is -2.37. The van der Waals surface area contributed by atoms with Crippen molar-refractivity contribution in [3.8, 4) is 0 Å². The van der Waals surface area contributed by atoms with Crippen molar-refractivity contribution in [3.63, 3.8) is 0 Å². The first-order chi connectivity index (χ1) is 18.0. The van der Waals surface area contributed by atoms with E-state index in [0.29, 0.717) is 5.57 Å². The molecule has 3 aromatic rings. The Kier molecular flexibility index (Phi) is 8.60. The predicted octanol–water partition coefficient (Wildman–Crippen LogP) is 5.26. The first-order valence-corrected chi connectivity index (χ1v) is 12.2. The molecule has 4 heteroatoms. The van der Waals surface area contributed by atoms with Crippen LogP contribution in [0.4, 0.5) is 0 Å². The predicted molar refractivity (Wildman–Crippen MR) is 149 cm³/mol. The second kappa shape index (κ2) is 12.2. The Labute approximate surface area is 217 Å². The summed E-state index contributed by atoms with van der Waals surface area (Å²) in [6.07, 6.45) is 10.4. The van der Waals surface area contributed by atoms with Gasteiger partial charge in [-0.05, 0) is 28.3 Å². The molecule has 0 spiro atoms. The van der Waals surface area contributed by atoms with Gasteiger partial charge in [0, 0.05) is 0 Å². The second-order valence-electron chi connectivity index (χ2n) is 8.92. The van der Waals surface area contributed by atoms with Crippen LogP contribution in [0.25, 0.3) is 18.2 Å². The SMILES string of the molecule is O=C1C=CC(C(O)/C=C/c2ccccc2)=CC1(C(O)/C=C/c1ccccc1)C(O)/C=C/c1ccccc1. The van der Waals surface area contributed by atoms with Gasteiger partial charge in [-0.25, -0.2) is 0 Å². The van der Waals surface area contributed by atoms with E-state index in [1.807, 2.05) is 91.0 Å². The Hall–Kier alpha value is -4.09. The van der Waals surface area contributed by atoms with E-state index in [-0.39, 0.29) is 0 Å². The number of carbonyl (C=O) groups excluding carboxylic acids is 1. The minimum Gasteiger partial charge on any atom is -0.388 e. The van der Waals surface area contributed by atoms with E-state index in [9.17, 15) is 20.1 Å². The van der Waals surface area contributed by atoms with Crippen molar-refractivity contribution in [1.82, 2.24) is 0 Å². The fourth-order valence-electron chi connectivity index (χ4n) is 4.26.